The number of hydrogen-bond donors (Lipinski definition) is 0. The number of rotatable bonds is 4. The van der Waals surface area contributed by atoms with Gasteiger partial charge in [0.15, 0.2) is 5.82 Å². The molecule has 0 saturated heterocycles. The minimum Gasteiger partial charge on any atom is -0.264 e. The maximum absolute atomic E-state index is 5.16. The Labute approximate surface area is 274 Å². The van der Waals surface area contributed by atoms with Gasteiger partial charge in [0.05, 0.1) is 11.4 Å². The highest BCUT2D eigenvalue weighted by molar-refractivity contribution is 6.08. The zero-order chi connectivity index (χ0) is 31.5. The molecule has 1 aliphatic rings. The summed E-state index contributed by atoms with van der Waals surface area (Å²) in [5, 5.41) is 4.92. The second-order valence-corrected chi connectivity index (χ2v) is 12.9. The van der Waals surface area contributed by atoms with Crippen LogP contribution in [-0.4, -0.2) is 15.0 Å². The van der Waals surface area contributed by atoms with E-state index in [4.69, 9.17) is 9.97 Å². The first-order valence-corrected chi connectivity index (χ1v) is 16.1. The molecule has 0 radical (unpaired) electrons. The smallest absolute Gasteiger partial charge is 0.160 e. The molecule has 0 atom stereocenters. The van der Waals surface area contributed by atoms with Crippen LogP contribution in [0.3, 0.4) is 0 Å². The van der Waals surface area contributed by atoms with Crippen molar-refractivity contribution in [3.05, 3.63) is 163 Å². The summed E-state index contributed by atoms with van der Waals surface area (Å²) >= 11 is 0. The molecule has 0 bridgehead atoms. The lowest BCUT2D eigenvalue weighted by molar-refractivity contribution is 0.661. The molecule has 1 aliphatic carbocycles. The molecule has 2 heterocycles. The van der Waals surface area contributed by atoms with E-state index in [9.17, 15) is 0 Å². The largest absolute Gasteiger partial charge is 0.264 e. The summed E-state index contributed by atoms with van der Waals surface area (Å²) in [6.07, 6.45) is 3.65. The zero-order valence-electron chi connectivity index (χ0n) is 26.3. The summed E-state index contributed by atoms with van der Waals surface area (Å²) in [7, 11) is 0. The van der Waals surface area contributed by atoms with Gasteiger partial charge in [-0.3, -0.25) is 4.98 Å². The Balaban J connectivity index is 1.27. The van der Waals surface area contributed by atoms with Crippen LogP contribution < -0.4 is 0 Å². The van der Waals surface area contributed by atoms with Crippen molar-refractivity contribution >= 4 is 21.5 Å². The van der Waals surface area contributed by atoms with Crippen molar-refractivity contribution in [1.82, 2.24) is 15.0 Å². The van der Waals surface area contributed by atoms with E-state index in [2.05, 4.69) is 128 Å². The van der Waals surface area contributed by atoms with E-state index in [-0.39, 0.29) is 5.41 Å². The summed E-state index contributed by atoms with van der Waals surface area (Å²) < 4.78 is 0. The summed E-state index contributed by atoms with van der Waals surface area (Å²) in [5.74, 6) is 0.696. The second kappa shape index (κ2) is 10.6. The van der Waals surface area contributed by atoms with E-state index in [1.807, 2.05) is 36.5 Å². The number of nitrogens with zero attached hydrogens (tertiary/aromatic N) is 3. The van der Waals surface area contributed by atoms with Gasteiger partial charge in [-0.2, -0.15) is 0 Å². The third-order valence-corrected chi connectivity index (χ3v) is 9.77. The highest BCUT2D eigenvalue weighted by Crippen LogP contribution is 2.54. The van der Waals surface area contributed by atoms with Crippen LogP contribution >= 0.6 is 0 Å². The van der Waals surface area contributed by atoms with Gasteiger partial charge in [-0.05, 0) is 85.3 Å². The summed E-state index contributed by atoms with van der Waals surface area (Å²) in [5.41, 5.74) is 12.6. The first-order chi connectivity index (χ1) is 23.1. The Hall–Kier alpha value is -5.93. The maximum Gasteiger partial charge on any atom is 0.160 e. The van der Waals surface area contributed by atoms with Crippen LogP contribution in [0.1, 0.15) is 25.0 Å². The molecule has 0 saturated carbocycles. The Morgan fingerprint density at radius 3 is 1.94 bits per heavy atom. The van der Waals surface area contributed by atoms with Crippen LogP contribution in [0, 0.1) is 0 Å². The van der Waals surface area contributed by atoms with Gasteiger partial charge in [0.1, 0.15) is 0 Å². The highest BCUT2D eigenvalue weighted by Gasteiger charge is 2.37. The average molecular weight is 602 g/mol. The standard InChI is InChI=1S/C44H31N3/c1-44(2)38-20-10-19-36(42(38)37-24-29-14-6-7-15-30(29)25-39(37)44)34-21-22-35(33-18-9-8-17-32(33)34)41-26-40(31-16-11-23-45-27-31)46-43(47-41)28-12-4-3-5-13-28/h3-27H,1-2H3. The maximum atomic E-state index is 5.16. The quantitative estimate of drug-likeness (QED) is 0.201. The number of aromatic nitrogens is 3. The predicted molar refractivity (Wildman–Crippen MR) is 194 cm³/mol. The van der Waals surface area contributed by atoms with Crippen LogP contribution in [0.4, 0.5) is 0 Å². The van der Waals surface area contributed by atoms with Gasteiger partial charge < -0.3 is 0 Å². The Morgan fingerprint density at radius 1 is 0.468 bits per heavy atom. The van der Waals surface area contributed by atoms with Gasteiger partial charge in [-0.25, -0.2) is 9.97 Å². The molecule has 0 unspecified atom stereocenters. The molecule has 0 amide bonds. The molecule has 8 aromatic rings. The number of pyridine rings is 1. The molecule has 0 N–H and O–H groups in total. The van der Waals surface area contributed by atoms with Crippen molar-refractivity contribution in [2.45, 2.75) is 19.3 Å². The lowest BCUT2D eigenvalue weighted by Gasteiger charge is -2.22. The van der Waals surface area contributed by atoms with Gasteiger partial charge in [-0.15, -0.1) is 0 Å². The average Bonchev–Trinajstić information content (AvgIpc) is 3.36. The molecule has 6 aromatic carbocycles. The highest BCUT2D eigenvalue weighted by atomic mass is 14.9. The van der Waals surface area contributed by atoms with Crippen LogP contribution in [0.25, 0.3) is 77.7 Å². The van der Waals surface area contributed by atoms with Crippen molar-refractivity contribution in [2.75, 3.05) is 0 Å². The van der Waals surface area contributed by atoms with E-state index in [0.717, 1.165) is 33.5 Å². The van der Waals surface area contributed by atoms with Gasteiger partial charge >= 0.3 is 0 Å². The molecule has 2 aromatic heterocycles. The summed E-state index contributed by atoms with van der Waals surface area (Å²) in [4.78, 5) is 14.5. The SMILES string of the molecule is CC1(C)c2cc3ccccc3cc2-c2c(-c3ccc(-c4cc(-c5cccnc5)nc(-c5ccccc5)n4)c4ccccc34)cccc21. The van der Waals surface area contributed by atoms with E-state index >= 15 is 0 Å². The van der Waals surface area contributed by atoms with Crippen molar-refractivity contribution in [3.8, 4) is 56.2 Å². The first-order valence-electron chi connectivity index (χ1n) is 16.1. The van der Waals surface area contributed by atoms with Crippen LogP contribution in [-0.2, 0) is 5.41 Å². The Bertz CT molecular complexity index is 2420. The Morgan fingerprint density at radius 2 is 1.15 bits per heavy atom. The number of hydrogen-bond acceptors (Lipinski definition) is 3. The zero-order valence-corrected chi connectivity index (χ0v) is 26.3. The van der Waals surface area contributed by atoms with Crippen molar-refractivity contribution in [3.63, 3.8) is 0 Å². The molecule has 0 aliphatic heterocycles. The third kappa shape index (κ3) is 4.39. The van der Waals surface area contributed by atoms with E-state index < -0.39 is 0 Å². The van der Waals surface area contributed by atoms with Crippen LogP contribution in [0.2, 0.25) is 0 Å². The van der Waals surface area contributed by atoms with Gasteiger partial charge in [-0.1, -0.05) is 123 Å². The molecule has 3 heteroatoms. The van der Waals surface area contributed by atoms with Crippen LogP contribution in [0.5, 0.6) is 0 Å². The molecule has 3 nitrogen and oxygen atoms in total. The summed E-state index contributed by atoms with van der Waals surface area (Å²) in [6.45, 7) is 4.72. The van der Waals surface area contributed by atoms with Gasteiger partial charge in [0.25, 0.3) is 0 Å². The molecular weight excluding hydrogens is 571 g/mol. The molecule has 47 heavy (non-hydrogen) atoms. The molecular formula is C44H31N3. The summed E-state index contributed by atoms with van der Waals surface area (Å²) in [6, 6.07) is 49.9. The lowest BCUT2D eigenvalue weighted by atomic mass is 9.81. The predicted octanol–water partition coefficient (Wildman–Crippen LogP) is 11.2. The molecule has 0 spiro atoms. The normalized spacial score (nSPS) is 13.1. The molecule has 222 valence electrons. The van der Waals surface area contributed by atoms with Crippen molar-refractivity contribution in [1.29, 1.82) is 0 Å². The second-order valence-electron chi connectivity index (χ2n) is 12.9. The lowest BCUT2D eigenvalue weighted by Crippen LogP contribution is -2.14. The van der Waals surface area contributed by atoms with E-state index in [1.165, 1.54) is 49.5 Å². The fourth-order valence-corrected chi connectivity index (χ4v) is 7.42. The fraction of sp³-hybridized carbons (Fsp3) is 0.0682. The van der Waals surface area contributed by atoms with E-state index in [0.29, 0.717) is 5.82 Å². The first kappa shape index (κ1) is 27.4. The molecule has 0 fully saturated rings. The monoisotopic (exact) mass is 601 g/mol. The van der Waals surface area contributed by atoms with Crippen molar-refractivity contribution < 1.29 is 0 Å². The van der Waals surface area contributed by atoms with Gasteiger partial charge in [0.2, 0.25) is 0 Å². The number of benzene rings is 6. The minimum atomic E-state index is -0.0993. The topological polar surface area (TPSA) is 38.7 Å². The van der Waals surface area contributed by atoms with E-state index in [1.54, 1.807) is 6.20 Å². The third-order valence-electron chi connectivity index (χ3n) is 9.77. The van der Waals surface area contributed by atoms with Crippen LogP contribution in [0.15, 0.2) is 152 Å². The van der Waals surface area contributed by atoms with Gasteiger partial charge in [0, 0.05) is 34.5 Å². The number of fused-ring (bicyclic) bond motifs is 5. The fourth-order valence-electron chi connectivity index (χ4n) is 7.42. The minimum absolute atomic E-state index is 0.0993. The van der Waals surface area contributed by atoms with Crippen molar-refractivity contribution in [2.24, 2.45) is 0 Å². The Kier molecular flexibility index (Phi) is 6.16. The molecule has 9 rings (SSSR count).